The molecule has 2 aromatic heterocycles. The van der Waals surface area contributed by atoms with Gasteiger partial charge in [-0.1, -0.05) is 57.2 Å². The monoisotopic (exact) mass is 530 g/mol. The topological polar surface area (TPSA) is 69.4 Å². The van der Waals surface area contributed by atoms with Crippen molar-refractivity contribution >= 4 is 23.0 Å². The number of carbonyl (C=O) groups excluding carboxylic acids is 1. The molecule has 0 saturated carbocycles. The zero-order valence-electron chi connectivity index (χ0n) is 22.7. The van der Waals surface area contributed by atoms with Crippen LogP contribution in [0.2, 0.25) is 0 Å². The number of halogens is 1. The van der Waals surface area contributed by atoms with E-state index in [9.17, 15) is 9.18 Å². The van der Waals surface area contributed by atoms with Crippen LogP contribution >= 0.6 is 11.3 Å². The van der Waals surface area contributed by atoms with E-state index in [1.165, 1.54) is 18.1 Å². The molecule has 0 N–H and O–H groups in total. The summed E-state index contributed by atoms with van der Waals surface area (Å²) < 4.78 is 21.9. The highest BCUT2D eigenvalue weighted by Crippen LogP contribution is 2.40. The van der Waals surface area contributed by atoms with E-state index in [0.717, 1.165) is 44.4 Å². The molecule has 1 aliphatic heterocycles. The molecule has 2 aromatic carbocycles. The van der Waals surface area contributed by atoms with Crippen LogP contribution in [0.15, 0.2) is 47.5 Å². The van der Waals surface area contributed by atoms with Crippen LogP contribution < -0.4 is 0 Å². The molecule has 1 aliphatic rings. The number of ether oxygens (including phenoxy) is 1. The van der Waals surface area contributed by atoms with E-state index >= 15 is 0 Å². The van der Waals surface area contributed by atoms with Gasteiger partial charge in [0.2, 0.25) is 0 Å². The molecule has 0 unspecified atom stereocenters. The first-order chi connectivity index (χ1) is 18.0. The van der Waals surface area contributed by atoms with E-state index in [1.54, 1.807) is 17.4 Å². The van der Waals surface area contributed by atoms with E-state index in [2.05, 4.69) is 24.0 Å². The molecule has 5 rings (SSSR count). The number of aromatic nitrogens is 3. The lowest BCUT2D eigenvalue weighted by atomic mass is 9.81. The van der Waals surface area contributed by atoms with Crippen molar-refractivity contribution in [2.24, 2.45) is 4.99 Å². The molecule has 0 aliphatic carbocycles. The van der Waals surface area contributed by atoms with Crippen molar-refractivity contribution in [1.29, 1.82) is 0 Å². The first-order valence-corrected chi connectivity index (χ1v) is 13.4. The van der Waals surface area contributed by atoms with E-state index in [0.29, 0.717) is 11.4 Å². The third-order valence-electron chi connectivity index (χ3n) is 7.06. The summed E-state index contributed by atoms with van der Waals surface area (Å²) in [7, 11) is 1.38. The molecule has 0 spiro atoms. The Balaban J connectivity index is 1.68. The van der Waals surface area contributed by atoms with Crippen molar-refractivity contribution in [3.63, 3.8) is 0 Å². The van der Waals surface area contributed by atoms with Crippen molar-refractivity contribution in [1.82, 2.24) is 14.8 Å². The number of aryl methyl sites for hydroxylation is 2. The standard InChI is InChI=1S/C30H31FN4O2S/c1-16-17(2)38-29-25(16)27(32-23(15-24(36)37-7)28-34-33-18(3)35(28)29)20-13-11-19(12-14-20)21-9-8-10-22(31)26(21)30(4,5)6/h8-14,23H,15H2,1-7H3/t23-/m0/s1. The molecule has 3 heterocycles. The van der Waals surface area contributed by atoms with Crippen LogP contribution in [0.25, 0.3) is 16.1 Å². The van der Waals surface area contributed by atoms with Gasteiger partial charge in [-0.25, -0.2) is 4.39 Å². The molecule has 0 radical (unpaired) electrons. The molecule has 6 nitrogen and oxygen atoms in total. The second-order valence-electron chi connectivity index (χ2n) is 10.7. The lowest BCUT2D eigenvalue weighted by Crippen LogP contribution is -2.15. The molecular formula is C30H31FN4O2S. The summed E-state index contributed by atoms with van der Waals surface area (Å²) in [5.74, 6) is 0.798. The van der Waals surface area contributed by atoms with E-state index in [4.69, 9.17) is 9.73 Å². The van der Waals surface area contributed by atoms with Crippen LogP contribution in [0.3, 0.4) is 0 Å². The Hall–Kier alpha value is -3.65. The first-order valence-electron chi connectivity index (χ1n) is 12.6. The summed E-state index contributed by atoms with van der Waals surface area (Å²) in [6.45, 7) is 12.2. The lowest BCUT2D eigenvalue weighted by molar-refractivity contribution is -0.141. The molecular weight excluding hydrogens is 499 g/mol. The molecule has 0 fully saturated rings. The molecule has 1 atom stereocenters. The van der Waals surface area contributed by atoms with Gasteiger partial charge in [0.15, 0.2) is 5.82 Å². The minimum absolute atomic E-state index is 0.0570. The number of benzene rings is 2. The van der Waals surface area contributed by atoms with Gasteiger partial charge in [0.25, 0.3) is 0 Å². The van der Waals surface area contributed by atoms with E-state index in [-0.39, 0.29) is 23.6 Å². The van der Waals surface area contributed by atoms with Crippen LogP contribution in [0.4, 0.5) is 4.39 Å². The van der Waals surface area contributed by atoms with Crippen LogP contribution in [-0.2, 0) is 14.9 Å². The maximum Gasteiger partial charge on any atom is 0.308 e. The van der Waals surface area contributed by atoms with E-state index < -0.39 is 6.04 Å². The van der Waals surface area contributed by atoms with Gasteiger partial charge < -0.3 is 4.74 Å². The second kappa shape index (κ2) is 9.58. The summed E-state index contributed by atoms with van der Waals surface area (Å²) in [6.07, 6.45) is 0.0570. The quantitative estimate of drug-likeness (QED) is 0.272. The third-order valence-corrected chi connectivity index (χ3v) is 8.25. The number of esters is 1. The van der Waals surface area contributed by atoms with Gasteiger partial charge in [0.1, 0.15) is 22.7 Å². The number of hydrogen-bond acceptors (Lipinski definition) is 6. The van der Waals surface area contributed by atoms with Crippen molar-refractivity contribution < 1.29 is 13.9 Å². The van der Waals surface area contributed by atoms with Crippen LogP contribution in [0.1, 0.15) is 72.0 Å². The normalized spacial score (nSPS) is 14.9. The largest absolute Gasteiger partial charge is 0.469 e. The Labute approximate surface area is 226 Å². The fraction of sp³-hybridized carbons (Fsp3) is 0.333. The number of methoxy groups -OCH3 is 1. The Bertz CT molecular complexity index is 1570. The van der Waals surface area contributed by atoms with Gasteiger partial charge in [-0.3, -0.25) is 14.4 Å². The predicted octanol–water partition coefficient (Wildman–Crippen LogP) is 6.81. The van der Waals surface area contributed by atoms with E-state index in [1.807, 2.05) is 62.6 Å². The minimum atomic E-state index is -0.548. The number of nitrogens with zero attached hydrogens (tertiary/aromatic N) is 4. The number of aliphatic imine (C=N–C) groups is 1. The summed E-state index contributed by atoms with van der Waals surface area (Å²) >= 11 is 1.67. The number of hydrogen-bond donors (Lipinski definition) is 0. The highest BCUT2D eigenvalue weighted by molar-refractivity contribution is 7.15. The van der Waals surface area contributed by atoms with Crippen molar-refractivity contribution in [3.8, 4) is 16.1 Å². The summed E-state index contributed by atoms with van der Waals surface area (Å²) in [5.41, 5.74) is 6.00. The summed E-state index contributed by atoms with van der Waals surface area (Å²) in [6, 6.07) is 12.8. The zero-order valence-corrected chi connectivity index (χ0v) is 23.5. The molecule has 0 amide bonds. The average molecular weight is 531 g/mol. The smallest absolute Gasteiger partial charge is 0.308 e. The van der Waals surface area contributed by atoms with Crippen LogP contribution in [0, 0.1) is 26.6 Å². The Morgan fingerprint density at radius 1 is 1.05 bits per heavy atom. The first kappa shape index (κ1) is 26.0. The van der Waals surface area contributed by atoms with Crippen LogP contribution in [0.5, 0.6) is 0 Å². The van der Waals surface area contributed by atoms with Crippen molar-refractivity contribution in [3.05, 3.63) is 87.1 Å². The SMILES string of the molecule is COC(=O)C[C@@H]1N=C(c2ccc(-c3cccc(F)c3C(C)(C)C)cc2)c2c(sc(C)c2C)-n2c(C)nnc21. The maximum absolute atomic E-state index is 14.9. The highest BCUT2D eigenvalue weighted by Gasteiger charge is 2.32. The van der Waals surface area contributed by atoms with Gasteiger partial charge in [-0.05, 0) is 48.9 Å². The van der Waals surface area contributed by atoms with Crippen molar-refractivity contribution in [2.45, 2.75) is 59.4 Å². The third kappa shape index (κ3) is 4.36. The van der Waals surface area contributed by atoms with Gasteiger partial charge in [-0.15, -0.1) is 21.5 Å². The van der Waals surface area contributed by atoms with Gasteiger partial charge in [0, 0.05) is 21.6 Å². The average Bonchev–Trinajstić information content (AvgIpc) is 3.35. The number of fused-ring (bicyclic) bond motifs is 3. The molecule has 196 valence electrons. The highest BCUT2D eigenvalue weighted by atomic mass is 32.1. The molecule has 38 heavy (non-hydrogen) atoms. The Morgan fingerprint density at radius 2 is 1.74 bits per heavy atom. The van der Waals surface area contributed by atoms with Crippen LogP contribution in [-0.4, -0.2) is 33.6 Å². The fourth-order valence-corrected chi connectivity index (χ4v) is 6.31. The zero-order chi connectivity index (χ0) is 27.4. The minimum Gasteiger partial charge on any atom is -0.469 e. The molecule has 0 saturated heterocycles. The second-order valence-corrected chi connectivity index (χ2v) is 11.9. The number of thiophene rings is 1. The Kier molecular flexibility index (Phi) is 6.55. The maximum atomic E-state index is 14.9. The number of rotatable bonds is 4. The predicted molar refractivity (Wildman–Crippen MR) is 149 cm³/mol. The summed E-state index contributed by atoms with van der Waals surface area (Å²) in [4.78, 5) is 18.6. The van der Waals surface area contributed by atoms with Crippen molar-refractivity contribution in [2.75, 3.05) is 7.11 Å². The fourth-order valence-electron chi connectivity index (χ4n) is 5.10. The Morgan fingerprint density at radius 3 is 2.39 bits per heavy atom. The number of carbonyl (C=O) groups is 1. The summed E-state index contributed by atoms with van der Waals surface area (Å²) in [5, 5.41) is 9.72. The lowest BCUT2D eigenvalue weighted by Gasteiger charge is -2.24. The van der Waals surface area contributed by atoms with Gasteiger partial charge >= 0.3 is 5.97 Å². The molecule has 4 aromatic rings. The molecule has 8 heteroatoms. The van der Waals surface area contributed by atoms with Gasteiger partial charge in [0.05, 0.1) is 19.2 Å². The molecule has 0 bridgehead atoms. The van der Waals surface area contributed by atoms with Gasteiger partial charge in [-0.2, -0.15) is 0 Å².